The molecule has 0 unspecified atom stereocenters. The Labute approximate surface area is 123 Å². The molecular formula is C14H23F3N4. The van der Waals surface area contributed by atoms with E-state index in [4.69, 9.17) is 0 Å². The first-order valence-electron chi connectivity index (χ1n) is 7.25. The summed E-state index contributed by atoms with van der Waals surface area (Å²) in [5.74, 6) is 0.296. The van der Waals surface area contributed by atoms with Crippen molar-refractivity contribution in [2.75, 3.05) is 26.2 Å². The molecule has 0 spiro atoms. The number of alkyl halides is 3. The van der Waals surface area contributed by atoms with E-state index in [9.17, 15) is 13.2 Å². The molecule has 1 aromatic rings. The quantitative estimate of drug-likeness (QED) is 0.903. The molecule has 21 heavy (non-hydrogen) atoms. The first-order chi connectivity index (χ1) is 9.76. The van der Waals surface area contributed by atoms with E-state index in [0.717, 1.165) is 30.9 Å². The van der Waals surface area contributed by atoms with Crippen LogP contribution in [-0.2, 0) is 13.6 Å². The number of likely N-dealkylation sites (tertiary alicyclic amines) is 1. The number of nitrogens with one attached hydrogen (secondary N) is 1. The largest absolute Gasteiger partial charge is 0.401 e. The van der Waals surface area contributed by atoms with Gasteiger partial charge in [0.1, 0.15) is 0 Å². The molecule has 1 N–H and O–H groups in total. The van der Waals surface area contributed by atoms with E-state index < -0.39 is 12.7 Å². The number of hydrogen-bond acceptors (Lipinski definition) is 3. The highest BCUT2D eigenvalue weighted by atomic mass is 19.4. The molecule has 1 aromatic heterocycles. The molecule has 0 aliphatic carbocycles. The second-order valence-electron chi connectivity index (χ2n) is 5.91. The highest BCUT2D eigenvalue weighted by Gasteiger charge is 2.34. The van der Waals surface area contributed by atoms with Crippen molar-refractivity contribution in [1.29, 1.82) is 0 Å². The summed E-state index contributed by atoms with van der Waals surface area (Å²) >= 11 is 0. The third-order valence-electron chi connectivity index (χ3n) is 4.17. The Bertz CT molecular complexity index is 481. The number of halogens is 3. The van der Waals surface area contributed by atoms with Gasteiger partial charge < -0.3 is 5.32 Å². The Kier molecular flexibility index (Phi) is 4.93. The Balaban J connectivity index is 1.75. The van der Waals surface area contributed by atoms with Crippen LogP contribution in [0.25, 0.3) is 0 Å². The Morgan fingerprint density at radius 2 is 2.05 bits per heavy atom. The van der Waals surface area contributed by atoms with E-state index in [1.165, 1.54) is 10.5 Å². The van der Waals surface area contributed by atoms with Gasteiger partial charge in [-0.1, -0.05) is 0 Å². The molecule has 0 bridgehead atoms. The molecule has 1 aliphatic heterocycles. The summed E-state index contributed by atoms with van der Waals surface area (Å²) in [5, 5.41) is 7.72. The fourth-order valence-corrected chi connectivity index (χ4v) is 2.95. The minimum absolute atomic E-state index is 0.296. The van der Waals surface area contributed by atoms with Crippen LogP contribution < -0.4 is 5.32 Å². The average Bonchev–Trinajstić information content (AvgIpc) is 2.87. The first kappa shape index (κ1) is 16.3. The molecule has 1 atom stereocenters. The molecule has 2 heterocycles. The molecule has 2 rings (SSSR count). The van der Waals surface area contributed by atoms with Gasteiger partial charge >= 0.3 is 6.18 Å². The Hall–Kier alpha value is -1.08. The lowest BCUT2D eigenvalue weighted by Crippen LogP contribution is -2.33. The van der Waals surface area contributed by atoms with Gasteiger partial charge in [-0.25, -0.2) is 0 Å². The van der Waals surface area contributed by atoms with Crippen LogP contribution in [0.5, 0.6) is 0 Å². The molecule has 0 aromatic carbocycles. The van der Waals surface area contributed by atoms with Gasteiger partial charge in [-0.05, 0) is 39.3 Å². The molecular weight excluding hydrogens is 281 g/mol. The zero-order chi connectivity index (χ0) is 15.6. The van der Waals surface area contributed by atoms with Crippen LogP contribution in [0.4, 0.5) is 13.2 Å². The van der Waals surface area contributed by atoms with Crippen molar-refractivity contribution in [2.45, 2.75) is 33.0 Å². The predicted octanol–water partition coefficient (Wildman–Crippen LogP) is 2.01. The minimum Gasteiger partial charge on any atom is -0.312 e. The maximum absolute atomic E-state index is 12.3. The normalized spacial score (nSPS) is 20.4. The maximum atomic E-state index is 12.3. The van der Waals surface area contributed by atoms with Crippen molar-refractivity contribution < 1.29 is 13.2 Å². The molecule has 7 heteroatoms. The molecule has 1 fully saturated rings. The molecule has 0 saturated carbocycles. The van der Waals surface area contributed by atoms with Gasteiger partial charge in [0.15, 0.2) is 0 Å². The Morgan fingerprint density at radius 1 is 1.33 bits per heavy atom. The average molecular weight is 304 g/mol. The third-order valence-corrected chi connectivity index (χ3v) is 4.17. The number of aryl methyl sites for hydroxylation is 2. The zero-order valence-electron chi connectivity index (χ0n) is 12.8. The second kappa shape index (κ2) is 6.36. The molecule has 4 nitrogen and oxygen atoms in total. The van der Waals surface area contributed by atoms with E-state index >= 15 is 0 Å². The zero-order valence-corrected chi connectivity index (χ0v) is 12.8. The van der Waals surface area contributed by atoms with E-state index in [-0.39, 0.29) is 0 Å². The summed E-state index contributed by atoms with van der Waals surface area (Å²) in [4.78, 5) is 1.49. The van der Waals surface area contributed by atoms with Gasteiger partial charge in [-0.2, -0.15) is 18.3 Å². The van der Waals surface area contributed by atoms with Crippen molar-refractivity contribution >= 4 is 0 Å². The van der Waals surface area contributed by atoms with Crippen molar-refractivity contribution in [2.24, 2.45) is 13.0 Å². The van der Waals surface area contributed by atoms with Gasteiger partial charge in [-0.3, -0.25) is 9.58 Å². The maximum Gasteiger partial charge on any atom is 0.401 e. The second-order valence-corrected chi connectivity index (χ2v) is 5.91. The van der Waals surface area contributed by atoms with Gasteiger partial charge in [-0.15, -0.1) is 0 Å². The summed E-state index contributed by atoms with van der Waals surface area (Å²) in [7, 11) is 1.91. The lowest BCUT2D eigenvalue weighted by Gasteiger charge is -2.18. The van der Waals surface area contributed by atoms with Crippen LogP contribution in [0, 0.1) is 19.8 Å². The van der Waals surface area contributed by atoms with Crippen LogP contribution in [0.15, 0.2) is 0 Å². The fraction of sp³-hybridized carbons (Fsp3) is 0.786. The van der Waals surface area contributed by atoms with Crippen molar-refractivity contribution in [3.63, 3.8) is 0 Å². The summed E-state index contributed by atoms with van der Waals surface area (Å²) in [5.41, 5.74) is 3.32. The molecule has 0 radical (unpaired) electrons. The minimum atomic E-state index is -4.09. The number of nitrogens with zero attached hydrogens (tertiary/aromatic N) is 3. The van der Waals surface area contributed by atoms with Crippen molar-refractivity contribution in [1.82, 2.24) is 20.0 Å². The Morgan fingerprint density at radius 3 is 2.62 bits per heavy atom. The molecule has 1 saturated heterocycles. The van der Waals surface area contributed by atoms with E-state index in [0.29, 0.717) is 19.0 Å². The standard InChI is InChI=1S/C14H23F3N4/c1-10-13(11(2)20(3)19-10)7-18-6-12-4-5-21(8-12)9-14(15,16)17/h12,18H,4-9H2,1-3H3/t12-/m1/s1. The van der Waals surface area contributed by atoms with Crippen LogP contribution in [-0.4, -0.2) is 47.0 Å². The lowest BCUT2D eigenvalue weighted by molar-refractivity contribution is -0.143. The van der Waals surface area contributed by atoms with Crippen molar-refractivity contribution in [3.8, 4) is 0 Å². The number of rotatable bonds is 5. The topological polar surface area (TPSA) is 33.1 Å². The van der Waals surface area contributed by atoms with Gasteiger partial charge in [0.2, 0.25) is 0 Å². The van der Waals surface area contributed by atoms with Crippen LogP contribution in [0.1, 0.15) is 23.4 Å². The number of aromatic nitrogens is 2. The monoisotopic (exact) mass is 304 g/mol. The highest BCUT2D eigenvalue weighted by molar-refractivity contribution is 5.23. The fourth-order valence-electron chi connectivity index (χ4n) is 2.95. The van der Waals surface area contributed by atoms with E-state index in [1.807, 2.05) is 25.6 Å². The summed E-state index contributed by atoms with van der Waals surface area (Å²) in [6.45, 7) is 5.75. The molecule has 120 valence electrons. The summed E-state index contributed by atoms with van der Waals surface area (Å²) < 4.78 is 38.9. The first-order valence-corrected chi connectivity index (χ1v) is 7.25. The SMILES string of the molecule is Cc1nn(C)c(C)c1CNC[C@H]1CCN(CC(F)(F)F)C1. The van der Waals surface area contributed by atoms with E-state index in [1.54, 1.807) is 0 Å². The summed E-state index contributed by atoms with van der Waals surface area (Å²) in [6, 6.07) is 0. The van der Waals surface area contributed by atoms with E-state index in [2.05, 4.69) is 10.4 Å². The van der Waals surface area contributed by atoms with Gasteiger partial charge in [0.05, 0.1) is 12.2 Å². The smallest absolute Gasteiger partial charge is 0.312 e. The summed E-state index contributed by atoms with van der Waals surface area (Å²) in [6.07, 6.45) is -3.26. The van der Waals surface area contributed by atoms with Crippen LogP contribution >= 0.6 is 0 Å². The van der Waals surface area contributed by atoms with Gasteiger partial charge in [0.25, 0.3) is 0 Å². The lowest BCUT2D eigenvalue weighted by atomic mass is 10.1. The highest BCUT2D eigenvalue weighted by Crippen LogP contribution is 2.22. The van der Waals surface area contributed by atoms with Crippen molar-refractivity contribution in [3.05, 3.63) is 17.0 Å². The molecule has 0 amide bonds. The predicted molar refractivity (Wildman–Crippen MR) is 75.0 cm³/mol. The third kappa shape index (κ3) is 4.44. The number of hydrogen-bond donors (Lipinski definition) is 1. The van der Waals surface area contributed by atoms with Crippen LogP contribution in [0.2, 0.25) is 0 Å². The van der Waals surface area contributed by atoms with Crippen LogP contribution in [0.3, 0.4) is 0 Å². The molecule has 1 aliphatic rings. The van der Waals surface area contributed by atoms with Gasteiger partial charge in [0, 0.05) is 31.4 Å².